The normalized spacial score (nSPS) is 18.3. The van der Waals surface area contributed by atoms with E-state index in [4.69, 9.17) is 46.7 Å². The maximum atomic E-state index is 11.4. The number of hydrogen-bond donors (Lipinski definition) is 1. The molecule has 8 rings (SSSR count). The molecule has 5 atom stereocenters. The summed E-state index contributed by atoms with van der Waals surface area (Å²) >= 11 is 6.59. The molecule has 0 saturated carbocycles. The lowest BCUT2D eigenvalue weighted by atomic mass is 10.1. The fourth-order valence-electron chi connectivity index (χ4n) is 11.2. The molecule has 6 aromatic carbocycles. The van der Waals surface area contributed by atoms with Crippen molar-refractivity contribution in [3.05, 3.63) is 190 Å². The Hall–Kier alpha value is -5.08. The first-order valence-corrected chi connectivity index (χ1v) is 35.6. The van der Waals surface area contributed by atoms with Gasteiger partial charge in [0.05, 0.1) is 56.2 Å². The Morgan fingerprint density at radius 3 is 1.33 bits per heavy atom. The van der Waals surface area contributed by atoms with Crippen LogP contribution in [0, 0.1) is 11.8 Å². The molecule has 16 heteroatoms. The largest absolute Gasteiger partial charge is 0.497 e. The highest BCUT2D eigenvalue weighted by molar-refractivity contribution is 9.28. The predicted octanol–water partition coefficient (Wildman–Crippen LogP) is 13.4. The van der Waals surface area contributed by atoms with E-state index in [9.17, 15) is 9.90 Å². The molecular formula is C72H92Br2O12Si2. The molecule has 2 heterocycles. The number of ether oxygens (including phenoxy) is 8. The van der Waals surface area contributed by atoms with Gasteiger partial charge in [-0.3, -0.25) is 0 Å². The minimum atomic E-state index is -2.68. The lowest BCUT2D eigenvalue weighted by molar-refractivity contribution is -0.152. The molecule has 0 aliphatic carbocycles. The smallest absolute Gasteiger partial charge is 0.261 e. The van der Waals surface area contributed by atoms with Crippen LogP contribution in [0.5, 0.6) is 11.5 Å². The highest BCUT2D eigenvalue weighted by atomic mass is 79.9. The van der Waals surface area contributed by atoms with E-state index in [1.165, 1.54) is 20.7 Å². The maximum Gasteiger partial charge on any atom is 0.261 e. The van der Waals surface area contributed by atoms with Crippen LogP contribution >= 0.6 is 31.9 Å². The molecule has 474 valence electrons. The van der Waals surface area contributed by atoms with Crippen LogP contribution in [0.25, 0.3) is 0 Å². The average Bonchev–Trinajstić information content (AvgIpc) is 1.05. The van der Waals surface area contributed by atoms with Crippen LogP contribution in [0.15, 0.2) is 179 Å². The van der Waals surface area contributed by atoms with Gasteiger partial charge in [0.15, 0.2) is 17.9 Å². The minimum absolute atomic E-state index is 0.0773. The zero-order valence-corrected chi connectivity index (χ0v) is 58.6. The monoisotopic (exact) mass is 1360 g/mol. The summed E-state index contributed by atoms with van der Waals surface area (Å²) in [5, 5.41) is 15.8. The van der Waals surface area contributed by atoms with Gasteiger partial charge in [-0.25, -0.2) is 0 Å². The predicted molar refractivity (Wildman–Crippen MR) is 364 cm³/mol. The highest BCUT2D eigenvalue weighted by Gasteiger charge is 2.52. The number of aldehydes is 1. The molecule has 0 amide bonds. The van der Waals surface area contributed by atoms with Crippen LogP contribution < -0.4 is 30.2 Å². The number of halogens is 2. The van der Waals surface area contributed by atoms with Gasteiger partial charge in [-0.15, -0.1) is 0 Å². The van der Waals surface area contributed by atoms with Gasteiger partial charge in [0.25, 0.3) is 16.6 Å². The molecule has 2 aliphatic heterocycles. The summed E-state index contributed by atoms with van der Waals surface area (Å²) in [4.78, 5) is 11.4. The first kappa shape index (κ1) is 72.0. The summed E-state index contributed by atoms with van der Waals surface area (Å²) in [6, 6.07) is 57.9. The summed E-state index contributed by atoms with van der Waals surface area (Å²) < 4.78 is 60.5. The maximum absolute atomic E-state index is 11.4. The molecule has 0 aromatic heterocycles. The van der Waals surface area contributed by atoms with E-state index in [1.807, 2.05) is 107 Å². The summed E-state index contributed by atoms with van der Waals surface area (Å²) in [6.45, 7) is 24.3. The van der Waals surface area contributed by atoms with Gasteiger partial charge in [0, 0.05) is 19.6 Å². The SMILES string of the molecule is CC1(C)O[C@@H](CCO[Si](c2ccccc2)(c2ccccc2)C(C)(C)C)[C@@H](C=O)O1.COc1ccc(COCCC#CC(O)[C@H]2OC(C)(C)O[C@H]2CCO[Si](c2ccccc2)(c2ccccc2)C(C)(C)C)cc1.COc1ccc(COCCC=C(Br)Br)cc1. The molecule has 2 saturated heterocycles. The molecule has 2 aliphatic rings. The molecule has 6 aromatic rings. The fourth-order valence-corrected chi connectivity index (χ4v) is 20.8. The van der Waals surface area contributed by atoms with Crippen molar-refractivity contribution in [2.45, 2.75) is 160 Å². The highest BCUT2D eigenvalue weighted by Crippen LogP contribution is 2.40. The van der Waals surface area contributed by atoms with Gasteiger partial charge in [0.1, 0.15) is 29.8 Å². The van der Waals surface area contributed by atoms with Crippen molar-refractivity contribution in [1.29, 1.82) is 0 Å². The van der Waals surface area contributed by atoms with Crippen molar-refractivity contribution in [2.75, 3.05) is 40.6 Å². The van der Waals surface area contributed by atoms with E-state index in [2.05, 4.69) is 182 Å². The Bertz CT molecular complexity index is 2990. The number of carbonyl (C=O) groups excluding carboxylic acids is 1. The molecule has 2 fully saturated rings. The van der Waals surface area contributed by atoms with Crippen molar-refractivity contribution in [3.8, 4) is 23.3 Å². The standard InChI is InChI=1S/C36H46O6Si.C24H32O4Si.C12H14Br2O2/c1-35(2,3)43(30-15-9-7-10-16-30,31-17-11-8-12-18-31)40-26-24-33-34(42-36(4,5)41-33)32(37)19-13-14-25-39-27-28-20-22-29(38-6)23-21-28;1-23(2,3)29(19-12-8-6-9-13-19,20-14-10-7-11-15-20)26-17-16-21-22(18-25)28-24(4,5)27-21;1-15-11-6-4-10(5-7-11)9-16-8-2-3-12(13)14/h7-12,15-18,20-23,32-34,37H,14,24-27H2,1-6H3;6-15,18,21-22H,16-17H2,1-5H3;3-7H,2,8-9H2,1H3/t32?,33-,34+;21-,22+;/m00./s1. The Balaban J connectivity index is 0.000000235. The Labute approximate surface area is 543 Å². The third kappa shape index (κ3) is 20.7. The van der Waals surface area contributed by atoms with Gasteiger partial charge < -0.3 is 56.6 Å². The van der Waals surface area contributed by atoms with Crippen LogP contribution in [0.4, 0.5) is 0 Å². The third-order valence-corrected chi connectivity index (χ3v) is 25.9. The van der Waals surface area contributed by atoms with E-state index in [-0.39, 0.29) is 22.3 Å². The zero-order chi connectivity index (χ0) is 63.9. The molecule has 88 heavy (non-hydrogen) atoms. The second-order valence-electron chi connectivity index (χ2n) is 24.6. The van der Waals surface area contributed by atoms with Crippen LogP contribution in [-0.4, -0.2) is 111 Å². The van der Waals surface area contributed by atoms with Gasteiger partial charge in [0.2, 0.25) is 0 Å². The van der Waals surface area contributed by atoms with Crippen molar-refractivity contribution >= 4 is 75.5 Å². The van der Waals surface area contributed by atoms with Crippen LogP contribution in [0.1, 0.15) is 106 Å². The van der Waals surface area contributed by atoms with E-state index >= 15 is 0 Å². The molecule has 0 bridgehead atoms. The summed E-state index contributed by atoms with van der Waals surface area (Å²) in [5.74, 6) is 6.14. The second kappa shape index (κ2) is 34.4. The Morgan fingerprint density at radius 2 is 0.943 bits per heavy atom. The zero-order valence-electron chi connectivity index (χ0n) is 53.5. The van der Waals surface area contributed by atoms with Crippen LogP contribution in [0.2, 0.25) is 10.1 Å². The van der Waals surface area contributed by atoms with Gasteiger partial charge in [-0.05, 0) is 145 Å². The topological polar surface area (TPSA) is 130 Å². The second-order valence-corrected chi connectivity index (χ2v) is 36.0. The fraction of sp³-hybridized carbons (Fsp3) is 0.431. The number of aliphatic hydroxyl groups is 1. The first-order chi connectivity index (χ1) is 42.0. The van der Waals surface area contributed by atoms with Gasteiger partial charge in [-0.2, -0.15) is 0 Å². The molecule has 12 nitrogen and oxygen atoms in total. The summed E-state index contributed by atoms with van der Waals surface area (Å²) in [5.41, 5.74) is 2.22. The number of hydrogen-bond acceptors (Lipinski definition) is 12. The lowest BCUT2D eigenvalue weighted by Crippen LogP contribution is -2.66. The van der Waals surface area contributed by atoms with E-state index in [0.717, 1.165) is 38.7 Å². The Kier molecular flexibility index (Phi) is 28.1. The number of benzene rings is 6. The van der Waals surface area contributed by atoms with Gasteiger partial charge >= 0.3 is 0 Å². The van der Waals surface area contributed by atoms with Crippen LogP contribution in [-0.2, 0) is 55.3 Å². The van der Waals surface area contributed by atoms with E-state index in [1.54, 1.807) is 14.2 Å². The molecule has 1 unspecified atom stereocenters. The molecular weight excluding hydrogens is 1270 g/mol. The lowest BCUT2D eigenvalue weighted by Gasteiger charge is -2.43. The Morgan fingerprint density at radius 1 is 0.557 bits per heavy atom. The van der Waals surface area contributed by atoms with E-state index in [0.29, 0.717) is 58.9 Å². The van der Waals surface area contributed by atoms with Crippen molar-refractivity contribution in [2.24, 2.45) is 0 Å². The molecule has 0 spiro atoms. The quantitative estimate of drug-likeness (QED) is 0.0253. The van der Waals surface area contributed by atoms with E-state index < -0.39 is 46.5 Å². The van der Waals surface area contributed by atoms with Crippen molar-refractivity contribution in [1.82, 2.24) is 0 Å². The van der Waals surface area contributed by atoms with Crippen molar-refractivity contribution in [3.63, 3.8) is 0 Å². The minimum Gasteiger partial charge on any atom is -0.497 e. The first-order valence-electron chi connectivity index (χ1n) is 30.2. The van der Waals surface area contributed by atoms with Crippen molar-refractivity contribution < 1.29 is 56.6 Å². The number of methoxy groups -OCH3 is 2. The molecule has 0 radical (unpaired) electrons. The number of rotatable bonds is 25. The number of aliphatic hydroxyl groups excluding tert-OH is 1. The molecule has 1 N–H and O–H groups in total. The third-order valence-electron chi connectivity index (χ3n) is 15.2. The van der Waals surface area contributed by atoms with Crippen LogP contribution in [0.3, 0.4) is 0 Å². The summed E-state index contributed by atoms with van der Waals surface area (Å²) in [6.07, 6.45) is 2.67. The van der Waals surface area contributed by atoms with Gasteiger partial charge in [-0.1, -0.05) is 205 Å². The summed E-state index contributed by atoms with van der Waals surface area (Å²) in [7, 11) is -1.94. The number of carbonyl (C=O) groups is 1. The average molecular weight is 1370 g/mol.